The summed E-state index contributed by atoms with van der Waals surface area (Å²) in [6, 6.07) is 10.1. The number of phenols is 4. The summed E-state index contributed by atoms with van der Waals surface area (Å²) >= 11 is 0. The van der Waals surface area contributed by atoms with Gasteiger partial charge >= 0.3 is 0 Å². The summed E-state index contributed by atoms with van der Waals surface area (Å²) in [6.07, 6.45) is 2.96. The zero-order valence-corrected chi connectivity index (χ0v) is 14.9. The van der Waals surface area contributed by atoms with E-state index < -0.39 is 0 Å². The molecule has 4 N–H and O–H groups in total. The van der Waals surface area contributed by atoms with E-state index in [1.165, 1.54) is 12.1 Å². The van der Waals surface area contributed by atoms with Crippen molar-refractivity contribution in [3.8, 4) is 23.0 Å². The van der Waals surface area contributed by atoms with Crippen LogP contribution in [0.1, 0.15) is 51.7 Å². The molecular formula is C20H28O4. The van der Waals surface area contributed by atoms with Gasteiger partial charge in [0.2, 0.25) is 0 Å². The third kappa shape index (κ3) is 5.37. The normalized spacial score (nSPS) is 10.8. The minimum atomic E-state index is -0.136. The number of hydrogen-bond donors (Lipinski definition) is 4. The molecule has 0 fully saturated rings. The minimum Gasteiger partial charge on any atom is -0.504 e. The van der Waals surface area contributed by atoms with Crippen molar-refractivity contribution < 1.29 is 20.4 Å². The molecule has 0 aromatic heterocycles. The molecule has 0 radical (unpaired) electrons. The molecule has 2 aromatic rings. The van der Waals surface area contributed by atoms with Crippen molar-refractivity contribution in [3.05, 3.63) is 47.5 Å². The van der Waals surface area contributed by atoms with Gasteiger partial charge in [-0.15, -0.1) is 0 Å². The first-order valence-corrected chi connectivity index (χ1v) is 8.19. The fourth-order valence-corrected chi connectivity index (χ4v) is 2.28. The van der Waals surface area contributed by atoms with Crippen LogP contribution in [0.5, 0.6) is 23.0 Å². The van der Waals surface area contributed by atoms with Gasteiger partial charge in [0.1, 0.15) is 0 Å². The molecule has 24 heavy (non-hydrogen) atoms. The van der Waals surface area contributed by atoms with Gasteiger partial charge in [0.25, 0.3) is 0 Å². The second-order valence-electron chi connectivity index (χ2n) is 6.81. The van der Waals surface area contributed by atoms with Gasteiger partial charge < -0.3 is 20.4 Å². The molecule has 0 saturated carbocycles. The summed E-state index contributed by atoms with van der Waals surface area (Å²) in [6.45, 7) is 8.06. The van der Waals surface area contributed by atoms with Crippen molar-refractivity contribution in [3.63, 3.8) is 0 Å². The Labute approximate surface area is 144 Å². The number of benzene rings is 2. The monoisotopic (exact) mass is 332 g/mol. The number of hydrogen-bond acceptors (Lipinski definition) is 4. The molecule has 0 saturated heterocycles. The van der Waals surface area contributed by atoms with E-state index in [2.05, 4.69) is 6.92 Å². The third-order valence-electron chi connectivity index (χ3n) is 3.72. The molecule has 4 heteroatoms. The Morgan fingerprint density at radius 2 is 1.33 bits per heavy atom. The van der Waals surface area contributed by atoms with E-state index in [4.69, 9.17) is 5.11 Å². The SMILES string of the molecule is CC(C)(C)c1cccc(O)c1O.CCCCc1cccc(O)c1O. The van der Waals surface area contributed by atoms with Crippen LogP contribution in [-0.4, -0.2) is 20.4 Å². The van der Waals surface area contributed by atoms with Crippen LogP contribution < -0.4 is 0 Å². The zero-order chi connectivity index (χ0) is 18.3. The molecule has 0 unspecified atom stereocenters. The average Bonchev–Trinajstić information content (AvgIpc) is 2.51. The summed E-state index contributed by atoms with van der Waals surface area (Å²) in [7, 11) is 0. The highest BCUT2D eigenvalue weighted by molar-refractivity contribution is 5.47. The molecule has 132 valence electrons. The van der Waals surface area contributed by atoms with E-state index in [9.17, 15) is 15.3 Å². The number of para-hydroxylation sites is 2. The summed E-state index contributed by atoms with van der Waals surface area (Å²) in [5.74, 6) is -0.0537. The standard InChI is InChI=1S/2C10H14O2/c1-10(2,3)7-5-4-6-8(11)9(7)12;1-2-3-5-8-6-4-7-9(11)10(8)12/h4-6,11-12H,1-3H3;4,6-7,11-12H,2-3,5H2,1H3. The summed E-state index contributed by atoms with van der Waals surface area (Å²) in [5, 5.41) is 37.2. The minimum absolute atomic E-state index is 0.00926. The summed E-state index contributed by atoms with van der Waals surface area (Å²) < 4.78 is 0. The molecular weight excluding hydrogens is 304 g/mol. The number of rotatable bonds is 3. The van der Waals surface area contributed by atoms with E-state index in [1.807, 2.05) is 32.9 Å². The molecule has 2 rings (SSSR count). The van der Waals surface area contributed by atoms with Gasteiger partial charge in [0.15, 0.2) is 23.0 Å². The largest absolute Gasteiger partial charge is 0.504 e. The Bertz CT molecular complexity index is 657. The van der Waals surface area contributed by atoms with Crippen LogP contribution in [-0.2, 0) is 11.8 Å². The van der Waals surface area contributed by atoms with Gasteiger partial charge in [-0.25, -0.2) is 0 Å². The zero-order valence-electron chi connectivity index (χ0n) is 14.9. The molecule has 0 spiro atoms. The van der Waals surface area contributed by atoms with Crippen LogP contribution in [0.4, 0.5) is 0 Å². The quantitative estimate of drug-likeness (QED) is 0.607. The highest BCUT2D eigenvalue weighted by Gasteiger charge is 2.19. The Hall–Kier alpha value is -2.36. The lowest BCUT2D eigenvalue weighted by atomic mass is 9.86. The Balaban J connectivity index is 0.000000240. The van der Waals surface area contributed by atoms with Crippen LogP contribution in [0.25, 0.3) is 0 Å². The highest BCUT2D eigenvalue weighted by atomic mass is 16.3. The summed E-state index contributed by atoms with van der Waals surface area (Å²) in [4.78, 5) is 0. The predicted octanol–water partition coefficient (Wildman–Crippen LogP) is 4.84. The van der Waals surface area contributed by atoms with E-state index in [1.54, 1.807) is 12.1 Å². The topological polar surface area (TPSA) is 80.9 Å². The fraction of sp³-hybridized carbons (Fsp3) is 0.400. The molecule has 0 aliphatic carbocycles. The fourth-order valence-electron chi connectivity index (χ4n) is 2.28. The number of phenolic OH excluding ortho intramolecular Hbond substituents is 4. The van der Waals surface area contributed by atoms with Crippen LogP contribution in [0, 0.1) is 0 Å². The number of aromatic hydroxyl groups is 4. The second kappa shape index (κ2) is 8.48. The Morgan fingerprint density at radius 3 is 1.83 bits per heavy atom. The molecule has 0 heterocycles. The maximum atomic E-state index is 9.48. The molecule has 4 nitrogen and oxygen atoms in total. The van der Waals surface area contributed by atoms with Gasteiger partial charge in [0, 0.05) is 5.56 Å². The van der Waals surface area contributed by atoms with Gasteiger partial charge in [-0.1, -0.05) is 58.4 Å². The first-order valence-electron chi connectivity index (χ1n) is 8.19. The van der Waals surface area contributed by atoms with E-state index in [0.717, 1.165) is 30.4 Å². The van der Waals surface area contributed by atoms with Crippen molar-refractivity contribution >= 4 is 0 Å². The molecule has 2 aromatic carbocycles. The summed E-state index contributed by atoms with van der Waals surface area (Å²) in [5.41, 5.74) is 1.46. The first kappa shape index (κ1) is 19.7. The van der Waals surface area contributed by atoms with Crippen LogP contribution in [0.3, 0.4) is 0 Å². The van der Waals surface area contributed by atoms with E-state index >= 15 is 0 Å². The molecule has 0 atom stereocenters. The Kier molecular flexibility index (Phi) is 6.96. The predicted molar refractivity (Wildman–Crippen MR) is 96.9 cm³/mol. The Morgan fingerprint density at radius 1 is 0.792 bits per heavy atom. The maximum Gasteiger partial charge on any atom is 0.161 e. The van der Waals surface area contributed by atoms with Crippen LogP contribution in [0.15, 0.2) is 36.4 Å². The molecule has 0 aliphatic heterocycles. The van der Waals surface area contributed by atoms with E-state index in [-0.39, 0.29) is 28.4 Å². The van der Waals surface area contributed by atoms with Crippen LogP contribution in [0.2, 0.25) is 0 Å². The van der Waals surface area contributed by atoms with Gasteiger partial charge in [-0.05, 0) is 36.0 Å². The lowest BCUT2D eigenvalue weighted by Gasteiger charge is -2.20. The average molecular weight is 332 g/mol. The van der Waals surface area contributed by atoms with Gasteiger partial charge in [-0.2, -0.15) is 0 Å². The van der Waals surface area contributed by atoms with Crippen molar-refractivity contribution in [2.24, 2.45) is 0 Å². The van der Waals surface area contributed by atoms with Crippen molar-refractivity contribution in [2.75, 3.05) is 0 Å². The maximum absolute atomic E-state index is 9.48. The first-order chi connectivity index (χ1) is 11.2. The molecule has 0 amide bonds. The highest BCUT2D eigenvalue weighted by Crippen LogP contribution is 2.36. The number of aryl methyl sites for hydroxylation is 1. The third-order valence-corrected chi connectivity index (χ3v) is 3.72. The smallest absolute Gasteiger partial charge is 0.161 e. The van der Waals surface area contributed by atoms with Gasteiger partial charge in [0.05, 0.1) is 0 Å². The van der Waals surface area contributed by atoms with Crippen LogP contribution >= 0.6 is 0 Å². The second-order valence-corrected chi connectivity index (χ2v) is 6.81. The lowest BCUT2D eigenvalue weighted by molar-refractivity contribution is 0.389. The van der Waals surface area contributed by atoms with Crippen molar-refractivity contribution in [1.82, 2.24) is 0 Å². The van der Waals surface area contributed by atoms with E-state index in [0.29, 0.717) is 0 Å². The lowest BCUT2D eigenvalue weighted by Crippen LogP contribution is -2.10. The number of unbranched alkanes of at least 4 members (excludes halogenated alkanes) is 1. The van der Waals surface area contributed by atoms with Crippen molar-refractivity contribution in [1.29, 1.82) is 0 Å². The molecule has 0 aliphatic rings. The molecule has 0 bridgehead atoms. The van der Waals surface area contributed by atoms with Gasteiger partial charge in [-0.3, -0.25) is 0 Å². The van der Waals surface area contributed by atoms with Crippen molar-refractivity contribution in [2.45, 2.75) is 52.4 Å².